The SMILES string of the molecule is Cc1cc(CSC(C)C(=O)NCc2cccs2)on1. The summed E-state index contributed by atoms with van der Waals surface area (Å²) in [5.74, 6) is 1.52. The second-order valence-corrected chi connectivity index (χ2v) is 6.55. The topological polar surface area (TPSA) is 55.1 Å². The van der Waals surface area contributed by atoms with E-state index in [-0.39, 0.29) is 11.2 Å². The monoisotopic (exact) mass is 296 g/mol. The van der Waals surface area contributed by atoms with Crippen LogP contribution in [0, 0.1) is 6.92 Å². The summed E-state index contributed by atoms with van der Waals surface area (Å²) in [4.78, 5) is 13.1. The molecule has 19 heavy (non-hydrogen) atoms. The molecule has 0 aromatic carbocycles. The van der Waals surface area contributed by atoms with Crippen molar-refractivity contribution in [3.05, 3.63) is 39.9 Å². The minimum Gasteiger partial charge on any atom is -0.360 e. The number of thiophene rings is 1. The van der Waals surface area contributed by atoms with Gasteiger partial charge >= 0.3 is 0 Å². The van der Waals surface area contributed by atoms with E-state index in [9.17, 15) is 4.79 Å². The Balaban J connectivity index is 1.73. The van der Waals surface area contributed by atoms with Crippen molar-refractivity contribution >= 4 is 29.0 Å². The number of amides is 1. The Hall–Kier alpha value is -1.27. The summed E-state index contributed by atoms with van der Waals surface area (Å²) in [6.07, 6.45) is 0. The first-order chi connectivity index (χ1) is 9.15. The molecular formula is C13H16N2O2S2. The Morgan fingerprint density at radius 2 is 2.47 bits per heavy atom. The molecule has 6 heteroatoms. The van der Waals surface area contributed by atoms with E-state index in [1.54, 1.807) is 23.1 Å². The maximum atomic E-state index is 11.9. The zero-order valence-corrected chi connectivity index (χ0v) is 12.5. The Labute approximate surface area is 120 Å². The molecule has 0 spiro atoms. The lowest BCUT2D eigenvalue weighted by Crippen LogP contribution is -2.30. The van der Waals surface area contributed by atoms with Crippen LogP contribution in [0.15, 0.2) is 28.1 Å². The molecule has 1 amide bonds. The summed E-state index contributed by atoms with van der Waals surface area (Å²) in [7, 11) is 0. The second-order valence-electron chi connectivity index (χ2n) is 4.19. The Bertz CT molecular complexity index is 522. The van der Waals surface area contributed by atoms with E-state index >= 15 is 0 Å². The van der Waals surface area contributed by atoms with Gasteiger partial charge in [-0.25, -0.2) is 0 Å². The molecule has 0 fully saturated rings. The lowest BCUT2D eigenvalue weighted by molar-refractivity contribution is -0.120. The molecular weight excluding hydrogens is 280 g/mol. The smallest absolute Gasteiger partial charge is 0.233 e. The van der Waals surface area contributed by atoms with Crippen LogP contribution in [0.2, 0.25) is 0 Å². The highest BCUT2D eigenvalue weighted by Crippen LogP contribution is 2.18. The molecule has 1 unspecified atom stereocenters. The summed E-state index contributed by atoms with van der Waals surface area (Å²) in [6.45, 7) is 4.38. The van der Waals surface area contributed by atoms with Crippen LogP contribution in [0.1, 0.15) is 23.3 Å². The average Bonchev–Trinajstić information content (AvgIpc) is 3.04. The maximum Gasteiger partial charge on any atom is 0.233 e. The van der Waals surface area contributed by atoms with Crippen LogP contribution in [-0.4, -0.2) is 16.3 Å². The van der Waals surface area contributed by atoms with Crippen molar-refractivity contribution in [1.82, 2.24) is 10.5 Å². The quantitative estimate of drug-likeness (QED) is 0.890. The molecule has 2 aromatic rings. The van der Waals surface area contributed by atoms with E-state index in [0.717, 1.165) is 16.3 Å². The number of aryl methyl sites for hydroxylation is 1. The first-order valence-electron chi connectivity index (χ1n) is 5.99. The third-order valence-electron chi connectivity index (χ3n) is 2.54. The van der Waals surface area contributed by atoms with Gasteiger partial charge in [0.2, 0.25) is 5.91 Å². The molecule has 2 aromatic heterocycles. The molecule has 0 saturated heterocycles. The van der Waals surface area contributed by atoms with Gasteiger partial charge < -0.3 is 9.84 Å². The van der Waals surface area contributed by atoms with Gasteiger partial charge in [-0.2, -0.15) is 0 Å². The highest BCUT2D eigenvalue weighted by atomic mass is 32.2. The van der Waals surface area contributed by atoms with E-state index in [1.165, 1.54) is 0 Å². The molecule has 0 aliphatic rings. The van der Waals surface area contributed by atoms with Gasteiger partial charge in [0.05, 0.1) is 23.2 Å². The van der Waals surface area contributed by atoms with E-state index in [1.807, 2.05) is 37.4 Å². The van der Waals surface area contributed by atoms with Gasteiger partial charge in [-0.3, -0.25) is 4.79 Å². The fraction of sp³-hybridized carbons (Fsp3) is 0.385. The average molecular weight is 296 g/mol. The molecule has 1 atom stereocenters. The van der Waals surface area contributed by atoms with Crippen LogP contribution >= 0.6 is 23.1 Å². The standard InChI is InChI=1S/C13H16N2O2S2/c1-9-6-11(17-15-9)8-19-10(2)13(16)14-7-12-4-3-5-18-12/h3-6,10H,7-8H2,1-2H3,(H,14,16). The van der Waals surface area contributed by atoms with Crippen molar-refractivity contribution in [2.75, 3.05) is 0 Å². The molecule has 2 rings (SSSR count). The van der Waals surface area contributed by atoms with Gasteiger partial charge in [-0.05, 0) is 25.3 Å². The van der Waals surface area contributed by atoms with Crippen molar-refractivity contribution in [3.63, 3.8) is 0 Å². The van der Waals surface area contributed by atoms with Crippen LogP contribution in [0.4, 0.5) is 0 Å². The van der Waals surface area contributed by atoms with Gasteiger partial charge in [-0.1, -0.05) is 11.2 Å². The van der Waals surface area contributed by atoms with E-state index in [0.29, 0.717) is 12.3 Å². The number of hydrogen-bond donors (Lipinski definition) is 1. The largest absolute Gasteiger partial charge is 0.360 e. The fourth-order valence-corrected chi connectivity index (χ4v) is 2.93. The highest BCUT2D eigenvalue weighted by Gasteiger charge is 2.14. The molecule has 0 saturated carbocycles. The van der Waals surface area contributed by atoms with Crippen LogP contribution in [0.3, 0.4) is 0 Å². The summed E-state index contributed by atoms with van der Waals surface area (Å²) >= 11 is 3.19. The highest BCUT2D eigenvalue weighted by molar-refractivity contribution is 7.99. The Morgan fingerprint density at radius 1 is 1.63 bits per heavy atom. The van der Waals surface area contributed by atoms with Gasteiger partial charge in [0.1, 0.15) is 5.76 Å². The summed E-state index contributed by atoms with van der Waals surface area (Å²) in [5.41, 5.74) is 0.866. The number of carbonyl (C=O) groups excluding carboxylic acids is 1. The Morgan fingerprint density at radius 3 is 3.11 bits per heavy atom. The number of nitrogens with zero attached hydrogens (tertiary/aromatic N) is 1. The van der Waals surface area contributed by atoms with Gasteiger partial charge in [0, 0.05) is 10.9 Å². The van der Waals surface area contributed by atoms with Crippen molar-refractivity contribution < 1.29 is 9.32 Å². The number of aromatic nitrogens is 1. The van der Waals surface area contributed by atoms with Crippen LogP contribution in [0.5, 0.6) is 0 Å². The zero-order valence-electron chi connectivity index (χ0n) is 10.9. The second kappa shape index (κ2) is 6.77. The Kier molecular flexibility index (Phi) is 5.04. The molecule has 0 radical (unpaired) electrons. The third-order valence-corrected chi connectivity index (χ3v) is 4.58. The molecule has 4 nitrogen and oxygen atoms in total. The predicted octanol–water partition coefficient (Wildman–Crippen LogP) is 2.98. The van der Waals surface area contributed by atoms with Crippen LogP contribution in [0.25, 0.3) is 0 Å². The number of nitrogens with one attached hydrogen (secondary N) is 1. The summed E-state index contributed by atoms with van der Waals surface area (Å²) in [5, 5.41) is 8.65. The van der Waals surface area contributed by atoms with Crippen molar-refractivity contribution in [1.29, 1.82) is 0 Å². The van der Waals surface area contributed by atoms with Gasteiger partial charge in [0.15, 0.2) is 0 Å². The number of thioether (sulfide) groups is 1. The lowest BCUT2D eigenvalue weighted by Gasteiger charge is -2.10. The minimum absolute atomic E-state index is 0.0506. The van der Waals surface area contributed by atoms with Crippen molar-refractivity contribution in [2.45, 2.75) is 31.4 Å². The van der Waals surface area contributed by atoms with E-state index in [4.69, 9.17) is 4.52 Å². The first kappa shape index (κ1) is 14.1. The lowest BCUT2D eigenvalue weighted by atomic mass is 10.4. The zero-order chi connectivity index (χ0) is 13.7. The van der Waals surface area contributed by atoms with Gasteiger partial charge in [-0.15, -0.1) is 23.1 Å². The normalized spacial score (nSPS) is 12.3. The van der Waals surface area contributed by atoms with Crippen molar-refractivity contribution in [3.8, 4) is 0 Å². The van der Waals surface area contributed by atoms with E-state index < -0.39 is 0 Å². The summed E-state index contributed by atoms with van der Waals surface area (Å²) in [6, 6.07) is 5.89. The molecule has 0 aliphatic carbocycles. The van der Waals surface area contributed by atoms with Crippen LogP contribution < -0.4 is 5.32 Å². The summed E-state index contributed by atoms with van der Waals surface area (Å²) < 4.78 is 5.11. The van der Waals surface area contributed by atoms with Crippen molar-refractivity contribution in [2.24, 2.45) is 0 Å². The van der Waals surface area contributed by atoms with E-state index in [2.05, 4.69) is 10.5 Å². The molecule has 102 valence electrons. The number of carbonyl (C=O) groups is 1. The first-order valence-corrected chi connectivity index (χ1v) is 7.92. The molecule has 2 heterocycles. The fourth-order valence-electron chi connectivity index (χ4n) is 1.50. The predicted molar refractivity (Wildman–Crippen MR) is 78.2 cm³/mol. The number of rotatable bonds is 6. The van der Waals surface area contributed by atoms with Crippen LogP contribution in [-0.2, 0) is 17.1 Å². The molecule has 0 aliphatic heterocycles. The minimum atomic E-state index is -0.106. The maximum absolute atomic E-state index is 11.9. The number of hydrogen-bond acceptors (Lipinski definition) is 5. The third kappa shape index (κ3) is 4.40. The molecule has 0 bridgehead atoms. The molecule has 1 N–H and O–H groups in total. The van der Waals surface area contributed by atoms with Gasteiger partial charge in [0.25, 0.3) is 0 Å².